The predicted octanol–water partition coefficient (Wildman–Crippen LogP) is 5.77. The van der Waals surface area contributed by atoms with Crippen molar-refractivity contribution in [3.05, 3.63) is 84.0 Å². The number of thioether (sulfide) groups is 1. The first kappa shape index (κ1) is 23.7. The van der Waals surface area contributed by atoms with Gasteiger partial charge in [-0.3, -0.25) is 9.36 Å². The van der Waals surface area contributed by atoms with Crippen molar-refractivity contribution in [1.29, 1.82) is 0 Å². The average molecular weight is 492 g/mol. The predicted molar refractivity (Wildman–Crippen MR) is 137 cm³/mol. The van der Waals surface area contributed by atoms with E-state index in [2.05, 4.69) is 27.1 Å². The highest BCUT2D eigenvalue weighted by Crippen LogP contribution is 2.27. The number of hydrogen-bond acceptors (Lipinski definition) is 7. The van der Waals surface area contributed by atoms with Gasteiger partial charge < -0.3 is 10.1 Å². The summed E-state index contributed by atoms with van der Waals surface area (Å²) in [6.45, 7) is 8.29. The summed E-state index contributed by atoms with van der Waals surface area (Å²) in [6.07, 6.45) is 1.46. The van der Waals surface area contributed by atoms with Crippen molar-refractivity contribution in [2.24, 2.45) is 0 Å². The second-order valence-corrected chi connectivity index (χ2v) is 9.31. The van der Waals surface area contributed by atoms with Gasteiger partial charge in [0, 0.05) is 17.5 Å². The van der Waals surface area contributed by atoms with E-state index in [1.165, 1.54) is 23.1 Å². The van der Waals surface area contributed by atoms with Gasteiger partial charge in [0.25, 0.3) is 0 Å². The molecule has 0 spiro atoms. The molecule has 174 valence electrons. The molecule has 1 N–H and O–H groups in total. The number of allylic oxidation sites excluding steroid dienone is 1. The van der Waals surface area contributed by atoms with Crippen molar-refractivity contribution in [2.45, 2.75) is 31.7 Å². The second kappa shape index (κ2) is 11.1. The zero-order valence-electron chi connectivity index (χ0n) is 19.0. The standard InChI is InChI=1S/C25H25N5O2S2/c1-4-14-30-23(18(3)32-21-13-9-8-10-17(21)2)28-29-25(30)34-16-22(31)27-24-26-20(15-33-24)19-11-6-5-7-12-19/h4-13,15,18H,1,14,16H2,2-3H3,(H,26,27,31). The van der Waals surface area contributed by atoms with Gasteiger partial charge in [-0.15, -0.1) is 28.1 Å². The van der Waals surface area contributed by atoms with E-state index in [1.807, 2.05) is 78.4 Å². The van der Waals surface area contributed by atoms with Gasteiger partial charge in [0.1, 0.15) is 5.75 Å². The fraction of sp³-hybridized carbons (Fsp3) is 0.200. The smallest absolute Gasteiger partial charge is 0.236 e. The summed E-state index contributed by atoms with van der Waals surface area (Å²) < 4.78 is 8.04. The Balaban J connectivity index is 1.39. The number of aryl methyl sites for hydroxylation is 1. The molecule has 2 aromatic carbocycles. The zero-order valence-corrected chi connectivity index (χ0v) is 20.6. The molecule has 0 aliphatic heterocycles. The van der Waals surface area contributed by atoms with Crippen LogP contribution in [0.5, 0.6) is 5.75 Å². The van der Waals surface area contributed by atoms with Crippen molar-refractivity contribution in [1.82, 2.24) is 19.7 Å². The summed E-state index contributed by atoms with van der Waals surface area (Å²) in [5.74, 6) is 1.51. The van der Waals surface area contributed by atoms with Gasteiger partial charge in [0.2, 0.25) is 5.91 Å². The van der Waals surface area contributed by atoms with E-state index in [0.29, 0.717) is 22.7 Å². The number of rotatable bonds is 10. The SMILES string of the molecule is C=CCn1c(SCC(=O)Nc2nc(-c3ccccc3)cs2)nnc1C(C)Oc1ccccc1C. The van der Waals surface area contributed by atoms with E-state index < -0.39 is 0 Å². The summed E-state index contributed by atoms with van der Waals surface area (Å²) in [6, 6.07) is 17.7. The minimum atomic E-state index is -0.316. The number of anilines is 1. The van der Waals surface area contributed by atoms with E-state index in [1.54, 1.807) is 6.08 Å². The van der Waals surface area contributed by atoms with Crippen LogP contribution in [-0.4, -0.2) is 31.4 Å². The number of benzene rings is 2. The number of para-hydroxylation sites is 1. The highest BCUT2D eigenvalue weighted by molar-refractivity contribution is 7.99. The lowest BCUT2D eigenvalue weighted by Crippen LogP contribution is -2.15. The molecule has 0 fully saturated rings. The summed E-state index contributed by atoms with van der Waals surface area (Å²) in [5.41, 5.74) is 2.90. The maximum atomic E-state index is 12.6. The van der Waals surface area contributed by atoms with Crippen LogP contribution in [0.3, 0.4) is 0 Å². The van der Waals surface area contributed by atoms with Gasteiger partial charge in [-0.05, 0) is 25.5 Å². The normalized spacial score (nSPS) is 11.7. The lowest BCUT2D eigenvalue weighted by atomic mass is 10.2. The topological polar surface area (TPSA) is 81.9 Å². The van der Waals surface area contributed by atoms with Gasteiger partial charge in [-0.2, -0.15) is 0 Å². The molecule has 0 saturated heterocycles. The molecule has 0 saturated carbocycles. The van der Waals surface area contributed by atoms with Crippen LogP contribution in [0.1, 0.15) is 24.4 Å². The van der Waals surface area contributed by atoms with Crippen LogP contribution < -0.4 is 10.1 Å². The summed E-state index contributed by atoms with van der Waals surface area (Å²) >= 11 is 2.72. The van der Waals surface area contributed by atoms with Gasteiger partial charge >= 0.3 is 0 Å². The van der Waals surface area contributed by atoms with Gasteiger partial charge in [-0.1, -0.05) is 66.4 Å². The van der Waals surface area contributed by atoms with Gasteiger partial charge in [0.15, 0.2) is 22.2 Å². The maximum Gasteiger partial charge on any atom is 0.236 e. The largest absolute Gasteiger partial charge is 0.482 e. The molecule has 0 bridgehead atoms. The Morgan fingerprint density at radius 3 is 2.74 bits per heavy atom. The third-order valence-corrected chi connectivity index (χ3v) is 6.70. The first-order chi connectivity index (χ1) is 16.5. The number of amides is 1. The molecular weight excluding hydrogens is 466 g/mol. The monoisotopic (exact) mass is 491 g/mol. The minimum Gasteiger partial charge on any atom is -0.482 e. The lowest BCUT2D eigenvalue weighted by molar-refractivity contribution is -0.113. The van der Waals surface area contributed by atoms with Crippen molar-refractivity contribution < 1.29 is 9.53 Å². The number of thiazole rings is 1. The molecule has 1 amide bonds. The Bertz CT molecular complexity index is 1270. The van der Waals surface area contributed by atoms with Crippen LogP contribution in [0, 0.1) is 6.92 Å². The number of carbonyl (C=O) groups excluding carboxylic acids is 1. The van der Waals surface area contributed by atoms with Crippen molar-refractivity contribution in [2.75, 3.05) is 11.1 Å². The van der Waals surface area contributed by atoms with Crippen LogP contribution in [-0.2, 0) is 11.3 Å². The molecule has 2 aromatic heterocycles. The molecule has 1 unspecified atom stereocenters. The molecule has 1 atom stereocenters. The zero-order chi connectivity index (χ0) is 23.9. The molecule has 4 aromatic rings. The highest BCUT2D eigenvalue weighted by atomic mass is 32.2. The van der Waals surface area contributed by atoms with Gasteiger partial charge in [-0.25, -0.2) is 4.98 Å². The number of hydrogen-bond donors (Lipinski definition) is 1. The highest BCUT2D eigenvalue weighted by Gasteiger charge is 2.20. The molecule has 9 heteroatoms. The van der Waals surface area contributed by atoms with Crippen molar-refractivity contribution in [3.8, 4) is 17.0 Å². The van der Waals surface area contributed by atoms with Crippen LogP contribution in [0.2, 0.25) is 0 Å². The first-order valence-electron chi connectivity index (χ1n) is 10.7. The maximum absolute atomic E-state index is 12.6. The summed E-state index contributed by atoms with van der Waals surface area (Å²) in [7, 11) is 0. The fourth-order valence-corrected chi connectivity index (χ4v) is 4.79. The minimum absolute atomic E-state index is 0.155. The Labute approximate surface area is 206 Å². The van der Waals surface area contributed by atoms with E-state index in [0.717, 1.165) is 22.6 Å². The second-order valence-electron chi connectivity index (χ2n) is 7.51. The molecule has 0 radical (unpaired) electrons. The lowest BCUT2D eigenvalue weighted by Gasteiger charge is -2.17. The number of ether oxygens (including phenoxy) is 1. The number of aromatic nitrogens is 4. The fourth-order valence-electron chi connectivity index (χ4n) is 3.30. The van der Waals surface area contributed by atoms with Gasteiger partial charge in [0.05, 0.1) is 11.4 Å². The number of carbonyl (C=O) groups is 1. The average Bonchev–Trinajstić information content (AvgIpc) is 3.47. The molecule has 7 nitrogen and oxygen atoms in total. The summed E-state index contributed by atoms with van der Waals surface area (Å²) in [4.78, 5) is 17.1. The molecule has 34 heavy (non-hydrogen) atoms. The quantitative estimate of drug-likeness (QED) is 0.224. The molecule has 0 aliphatic carbocycles. The van der Waals surface area contributed by atoms with Crippen LogP contribution >= 0.6 is 23.1 Å². The summed E-state index contributed by atoms with van der Waals surface area (Å²) in [5, 5.41) is 14.6. The Hall–Kier alpha value is -3.43. The number of nitrogens with zero attached hydrogens (tertiary/aromatic N) is 4. The Kier molecular flexibility index (Phi) is 7.76. The van der Waals surface area contributed by atoms with E-state index in [9.17, 15) is 4.79 Å². The number of nitrogens with one attached hydrogen (secondary N) is 1. The Morgan fingerprint density at radius 1 is 1.21 bits per heavy atom. The van der Waals surface area contributed by atoms with E-state index >= 15 is 0 Å². The molecular formula is C25H25N5O2S2. The third-order valence-electron chi connectivity index (χ3n) is 4.97. The molecule has 4 rings (SSSR count). The van der Waals surface area contributed by atoms with Crippen LogP contribution in [0.25, 0.3) is 11.3 Å². The van der Waals surface area contributed by atoms with E-state index in [-0.39, 0.29) is 17.8 Å². The Morgan fingerprint density at radius 2 is 1.97 bits per heavy atom. The molecule has 0 aliphatic rings. The van der Waals surface area contributed by atoms with E-state index in [4.69, 9.17) is 4.74 Å². The van der Waals surface area contributed by atoms with Crippen LogP contribution in [0.4, 0.5) is 5.13 Å². The molecule has 2 heterocycles. The first-order valence-corrected chi connectivity index (χ1v) is 12.6. The van der Waals surface area contributed by atoms with Crippen molar-refractivity contribution >= 4 is 34.1 Å². The van der Waals surface area contributed by atoms with Crippen LogP contribution in [0.15, 0.2) is 77.8 Å². The third kappa shape index (κ3) is 5.73. The van der Waals surface area contributed by atoms with Crippen molar-refractivity contribution in [3.63, 3.8) is 0 Å².